The van der Waals surface area contributed by atoms with Crippen molar-refractivity contribution in [2.24, 2.45) is 5.10 Å². The maximum Gasteiger partial charge on any atom is 0.341 e. The predicted molar refractivity (Wildman–Crippen MR) is 107 cm³/mol. The second-order valence-corrected chi connectivity index (χ2v) is 7.49. The number of nitrogens with one attached hydrogen (secondary N) is 1. The van der Waals surface area contributed by atoms with Crippen molar-refractivity contribution in [2.45, 2.75) is 18.6 Å². The average Bonchev–Trinajstić information content (AvgIpc) is 3.42. The van der Waals surface area contributed by atoms with Crippen molar-refractivity contribution in [3.05, 3.63) is 65.7 Å². The summed E-state index contributed by atoms with van der Waals surface area (Å²) < 4.78 is 47.1. The van der Waals surface area contributed by atoms with Crippen LogP contribution in [0.15, 0.2) is 47.8 Å². The van der Waals surface area contributed by atoms with Gasteiger partial charge in [0.25, 0.3) is 0 Å². The SMILES string of the molecule is O=C(N1CC(Oc2cc(-c3ccn[nH]3)ncc2F)C1)N1N=CC[C@H]1c1cc(F)cc(F)c1. The summed E-state index contributed by atoms with van der Waals surface area (Å²) in [6, 6.07) is 5.31. The Hall–Kier alpha value is -3.89. The van der Waals surface area contributed by atoms with E-state index in [-0.39, 0.29) is 18.8 Å². The lowest BCUT2D eigenvalue weighted by molar-refractivity contribution is 0.0256. The smallest absolute Gasteiger partial charge is 0.341 e. The molecule has 11 heteroatoms. The lowest BCUT2D eigenvalue weighted by Gasteiger charge is -2.41. The number of aromatic amines is 1. The number of hydrazone groups is 1. The van der Waals surface area contributed by atoms with Gasteiger partial charge in [-0.2, -0.15) is 10.2 Å². The molecule has 1 fully saturated rings. The number of carbonyl (C=O) groups is 1. The molecular weight excluding hydrogens is 425 g/mol. The standard InChI is InChI=1S/C21H17F3N6O2/c22-13-5-12(6-14(23)7-13)19-2-4-27-30(19)21(31)29-10-15(11-29)32-20-8-18(25-9-16(20)24)17-1-3-26-28-17/h1,3-9,15,19H,2,10-11H2,(H,26,28)/t19-/m0/s1. The minimum atomic E-state index is -0.717. The Morgan fingerprint density at radius 3 is 2.62 bits per heavy atom. The Balaban J connectivity index is 1.23. The van der Waals surface area contributed by atoms with Crippen molar-refractivity contribution in [2.75, 3.05) is 13.1 Å². The van der Waals surface area contributed by atoms with Crippen LogP contribution in [-0.4, -0.2) is 56.5 Å². The number of pyridine rings is 1. The molecule has 0 aliphatic carbocycles. The molecule has 0 spiro atoms. The van der Waals surface area contributed by atoms with Crippen LogP contribution in [0.3, 0.4) is 0 Å². The van der Waals surface area contributed by atoms with Gasteiger partial charge in [0.05, 0.1) is 36.7 Å². The molecule has 0 unspecified atom stereocenters. The number of hydrogen-bond donors (Lipinski definition) is 1. The first-order chi connectivity index (χ1) is 15.5. The van der Waals surface area contributed by atoms with Crippen molar-refractivity contribution in [1.29, 1.82) is 0 Å². The van der Waals surface area contributed by atoms with E-state index in [1.54, 1.807) is 12.3 Å². The van der Waals surface area contributed by atoms with Crippen LogP contribution in [0, 0.1) is 17.5 Å². The third-order valence-corrected chi connectivity index (χ3v) is 5.30. The monoisotopic (exact) mass is 442 g/mol. The van der Waals surface area contributed by atoms with Crippen molar-refractivity contribution in [3.63, 3.8) is 0 Å². The van der Waals surface area contributed by atoms with E-state index >= 15 is 0 Å². The molecule has 0 radical (unpaired) electrons. The zero-order valence-corrected chi connectivity index (χ0v) is 16.6. The maximum atomic E-state index is 14.2. The molecule has 0 saturated carbocycles. The number of aromatic nitrogens is 3. The molecule has 2 aromatic heterocycles. The Morgan fingerprint density at radius 2 is 1.91 bits per heavy atom. The first-order valence-corrected chi connectivity index (χ1v) is 9.86. The van der Waals surface area contributed by atoms with Crippen LogP contribution in [0.25, 0.3) is 11.4 Å². The molecule has 0 bridgehead atoms. The number of carbonyl (C=O) groups excluding carboxylic acids is 1. The minimum Gasteiger partial charge on any atom is -0.483 e. The molecule has 32 heavy (non-hydrogen) atoms. The Labute approximate surface area is 180 Å². The number of amides is 2. The number of benzene rings is 1. The molecule has 8 nitrogen and oxygen atoms in total. The third kappa shape index (κ3) is 3.77. The molecule has 3 aromatic rings. The highest BCUT2D eigenvalue weighted by Gasteiger charge is 2.39. The van der Waals surface area contributed by atoms with E-state index in [9.17, 15) is 18.0 Å². The number of urea groups is 1. The molecule has 1 atom stereocenters. The Morgan fingerprint density at radius 1 is 1.12 bits per heavy atom. The average molecular weight is 442 g/mol. The van der Waals surface area contributed by atoms with Crippen LogP contribution in [0.2, 0.25) is 0 Å². The van der Waals surface area contributed by atoms with Gasteiger partial charge in [-0.3, -0.25) is 10.1 Å². The summed E-state index contributed by atoms with van der Waals surface area (Å²) in [6.45, 7) is 0.437. The van der Waals surface area contributed by atoms with Gasteiger partial charge in [-0.1, -0.05) is 0 Å². The third-order valence-electron chi connectivity index (χ3n) is 5.30. The molecule has 2 amide bonds. The van der Waals surface area contributed by atoms with Gasteiger partial charge in [0, 0.05) is 31.0 Å². The zero-order valence-electron chi connectivity index (χ0n) is 16.6. The van der Waals surface area contributed by atoms with E-state index in [0.29, 0.717) is 23.4 Å². The van der Waals surface area contributed by atoms with E-state index in [4.69, 9.17) is 4.74 Å². The summed E-state index contributed by atoms with van der Waals surface area (Å²) in [5.41, 5.74) is 1.42. The fourth-order valence-corrected chi connectivity index (χ4v) is 3.69. The van der Waals surface area contributed by atoms with Crippen molar-refractivity contribution >= 4 is 12.2 Å². The summed E-state index contributed by atoms with van der Waals surface area (Å²) in [6.07, 6.45) is 4.09. The first-order valence-electron chi connectivity index (χ1n) is 9.86. The summed E-state index contributed by atoms with van der Waals surface area (Å²) in [7, 11) is 0. The topological polar surface area (TPSA) is 86.7 Å². The van der Waals surface area contributed by atoms with Crippen molar-refractivity contribution in [1.82, 2.24) is 25.1 Å². The van der Waals surface area contributed by atoms with E-state index in [2.05, 4.69) is 20.3 Å². The van der Waals surface area contributed by atoms with Gasteiger partial charge < -0.3 is 9.64 Å². The highest BCUT2D eigenvalue weighted by molar-refractivity contribution is 5.79. The van der Waals surface area contributed by atoms with Gasteiger partial charge in [-0.15, -0.1) is 0 Å². The Kier molecular flexibility index (Phi) is 5.00. The first kappa shape index (κ1) is 20.0. The normalized spacial score (nSPS) is 18.2. The second-order valence-electron chi connectivity index (χ2n) is 7.49. The van der Waals surface area contributed by atoms with Crippen LogP contribution < -0.4 is 4.74 Å². The van der Waals surface area contributed by atoms with Crippen molar-refractivity contribution in [3.8, 4) is 17.1 Å². The summed E-state index contributed by atoms with van der Waals surface area (Å²) in [5, 5.41) is 11.9. The van der Waals surface area contributed by atoms with Crippen LogP contribution >= 0.6 is 0 Å². The number of hydrogen-bond acceptors (Lipinski definition) is 5. The molecule has 1 aromatic carbocycles. The van der Waals surface area contributed by atoms with Gasteiger partial charge >= 0.3 is 6.03 Å². The van der Waals surface area contributed by atoms with E-state index < -0.39 is 35.6 Å². The number of halogens is 3. The summed E-state index contributed by atoms with van der Waals surface area (Å²) >= 11 is 0. The van der Waals surface area contributed by atoms with Crippen molar-refractivity contribution < 1.29 is 22.7 Å². The van der Waals surface area contributed by atoms with Gasteiger partial charge in [0.1, 0.15) is 17.7 Å². The second kappa shape index (κ2) is 7.98. The quantitative estimate of drug-likeness (QED) is 0.670. The van der Waals surface area contributed by atoms with E-state index in [1.165, 1.54) is 34.3 Å². The lowest BCUT2D eigenvalue weighted by Crippen LogP contribution is -2.58. The van der Waals surface area contributed by atoms with Gasteiger partial charge in [0.2, 0.25) is 0 Å². The predicted octanol–water partition coefficient (Wildman–Crippen LogP) is 3.50. The molecule has 2 aliphatic rings. The molecule has 1 N–H and O–H groups in total. The highest BCUT2D eigenvalue weighted by atomic mass is 19.1. The fourth-order valence-electron chi connectivity index (χ4n) is 3.69. The van der Waals surface area contributed by atoms with Gasteiger partial charge in [-0.25, -0.2) is 23.0 Å². The number of H-pyrrole nitrogens is 1. The number of ether oxygens (including phenoxy) is 1. The number of nitrogens with zero attached hydrogens (tertiary/aromatic N) is 5. The number of rotatable bonds is 4. The maximum absolute atomic E-state index is 14.2. The molecule has 164 valence electrons. The van der Waals surface area contributed by atoms with Crippen LogP contribution in [0.1, 0.15) is 18.0 Å². The molecule has 1 saturated heterocycles. The number of likely N-dealkylation sites (tertiary alicyclic amines) is 1. The van der Waals surface area contributed by atoms with Crippen LogP contribution in [0.4, 0.5) is 18.0 Å². The van der Waals surface area contributed by atoms with Gasteiger partial charge in [0.15, 0.2) is 11.6 Å². The summed E-state index contributed by atoms with van der Waals surface area (Å²) in [5.74, 6) is -2.03. The van der Waals surface area contributed by atoms with Gasteiger partial charge in [-0.05, 0) is 23.8 Å². The lowest BCUT2D eigenvalue weighted by atomic mass is 10.0. The van der Waals surface area contributed by atoms with Crippen LogP contribution in [0.5, 0.6) is 5.75 Å². The van der Waals surface area contributed by atoms with E-state index in [0.717, 1.165) is 12.3 Å². The van der Waals surface area contributed by atoms with E-state index in [1.807, 2.05) is 0 Å². The molecular formula is C21H17F3N6O2. The summed E-state index contributed by atoms with van der Waals surface area (Å²) in [4.78, 5) is 18.3. The Bertz CT molecular complexity index is 1160. The largest absolute Gasteiger partial charge is 0.483 e. The highest BCUT2D eigenvalue weighted by Crippen LogP contribution is 2.32. The minimum absolute atomic E-state index is 0.0222. The molecule has 2 aliphatic heterocycles. The van der Waals surface area contributed by atoms with Crippen LogP contribution in [-0.2, 0) is 0 Å². The molecule has 5 rings (SSSR count). The zero-order chi connectivity index (χ0) is 22.2. The molecule has 4 heterocycles. The fraction of sp³-hybridized carbons (Fsp3) is 0.238.